The molecule has 10 nitrogen and oxygen atoms in total. The zero-order valence-electron chi connectivity index (χ0n) is 20.3. The highest BCUT2D eigenvalue weighted by Crippen LogP contribution is 2.22. The molecule has 1 rings (SSSR count). The Balaban J connectivity index is 2.00. The summed E-state index contributed by atoms with van der Waals surface area (Å²) < 4.78 is 21.2. The monoisotopic (exact) mass is 472 g/mol. The number of carbonyl (C=O) groups excluding carboxylic acids is 4. The number of nitrogens with one attached hydrogen (secondary N) is 1. The van der Waals surface area contributed by atoms with Crippen LogP contribution in [0, 0.1) is 0 Å². The van der Waals surface area contributed by atoms with Gasteiger partial charge in [0.05, 0.1) is 38.6 Å². The lowest BCUT2D eigenvalue weighted by atomic mass is 10.1. The average molecular weight is 473 g/mol. The lowest BCUT2D eigenvalue weighted by molar-refractivity contribution is -0.133. The molecule has 1 heterocycles. The SMILES string of the molecule is COC[C@H]1C[C@H](OC)CN1C(=O)CCCCC(=O)COCCOCCNC(=O)CCC(C)=O. The Morgan fingerprint density at radius 1 is 0.939 bits per heavy atom. The lowest BCUT2D eigenvalue weighted by Crippen LogP contribution is -2.38. The molecule has 2 amide bonds. The molecule has 0 bridgehead atoms. The smallest absolute Gasteiger partial charge is 0.222 e. The molecule has 10 heteroatoms. The summed E-state index contributed by atoms with van der Waals surface area (Å²) in [5, 5.41) is 2.66. The minimum atomic E-state index is -0.174. The molecule has 0 spiro atoms. The Bertz CT molecular complexity index is 613. The van der Waals surface area contributed by atoms with E-state index in [1.807, 2.05) is 4.90 Å². The second-order valence-electron chi connectivity index (χ2n) is 8.21. The number of hydrogen-bond acceptors (Lipinski definition) is 8. The van der Waals surface area contributed by atoms with Crippen LogP contribution < -0.4 is 5.32 Å². The maximum absolute atomic E-state index is 12.5. The fourth-order valence-electron chi connectivity index (χ4n) is 3.56. The van der Waals surface area contributed by atoms with Crippen molar-refractivity contribution in [3.63, 3.8) is 0 Å². The second kappa shape index (κ2) is 17.6. The number of carbonyl (C=O) groups is 4. The van der Waals surface area contributed by atoms with Crippen molar-refractivity contribution in [2.24, 2.45) is 0 Å². The van der Waals surface area contributed by atoms with Gasteiger partial charge in [-0.2, -0.15) is 0 Å². The third kappa shape index (κ3) is 13.4. The summed E-state index contributed by atoms with van der Waals surface area (Å²) in [6.07, 6.45) is 3.35. The number of likely N-dealkylation sites (tertiary alicyclic amines) is 1. The van der Waals surface area contributed by atoms with Crippen molar-refractivity contribution < 1.29 is 38.1 Å². The number of Topliss-reactive ketones (excluding diaryl/α,β-unsaturated/α-hetero) is 2. The van der Waals surface area contributed by atoms with Gasteiger partial charge in [-0.1, -0.05) is 0 Å². The first-order chi connectivity index (χ1) is 15.9. The zero-order valence-corrected chi connectivity index (χ0v) is 20.3. The van der Waals surface area contributed by atoms with Crippen LogP contribution >= 0.6 is 0 Å². The third-order valence-corrected chi connectivity index (χ3v) is 5.39. The Hall–Kier alpha value is -1.88. The molecule has 33 heavy (non-hydrogen) atoms. The summed E-state index contributed by atoms with van der Waals surface area (Å²) in [5.74, 6) is -0.113. The summed E-state index contributed by atoms with van der Waals surface area (Å²) in [6, 6.07) is 0.0488. The third-order valence-electron chi connectivity index (χ3n) is 5.39. The van der Waals surface area contributed by atoms with Crippen LogP contribution in [0.15, 0.2) is 0 Å². The summed E-state index contributed by atoms with van der Waals surface area (Å²) in [7, 11) is 3.28. The number of ketones is 2. The predicted molar refractivity (Wildman–Crippen MR) is 121 cm³/mol. The summed E-state index contributed by atoms with van der Waals surface area (Å²) in [4.78, 5) is 48.5. The van der Waals surface area contributed by atoms with Crippen LogP contribution in [-0.2, 0) is 38.1 Å². The molecule has 1 saturated heterocycles. The number of amides is 2. The van der Waals surface area contributed by atoms with E-state index >= 15 is 0 Å². The largest absolute Gasteiger partial charge is 0.383 e. The fourth-order valence-corrected chi connectivity index (χ4v) is 3.56. The number of methoxy groups -OCH3 is 2. The topological polar surface area (TPSA) is 120 Å². The first-order valence-corrected chi connectivity index (χ1v) is 11.6. The first kappa shape index (κ1) is 29.2. The van der Waals surface area contributed by atoms with E-state index in [9.17, 15) is 19.2 Å². The molecule has 0 aromatic rings. The van der Waals surface area contributed by atoms with E-state index in [1.54, 1.807) is 14.2 Å². The van der Waals surface area contributed by atoms with E-state index in [2.05, 4.69) is 5.32 Å². The molecule has 1 aliphatic heterocycles. The molecule has 0 radical (unpaired) electrons. The van der Waals surface area contributed by atoms with Crippen LogP contribution in [0.3, 0.4) is 0 Å². The van der Waals surface area contributed by atoms with Crippen molar-refractivity contribution in [3.8, 4) is 0 Å². The van der Waals surface area contributed by atoms with Gasteiger partial charge in [-0.05, 0) is 26.2 Å². The molecular weight excluding hydrogens is 432 g/mol. The van der Waals surface area contributed by atoms with Crippen LogP contribution in [0.2, 0.25) is 0 Å². The van der Waals surface area contributed by atoms with E-state index in [0.29, 0.717) is 65.2 Å². The van der Waals surface area contributed by atoms with E-state index in [-0.39, 0.29) is 55.0 Å². The van der Waals surface area contributed by atoms with Crippen LogP contribution in [-0.4, -0.2) is 101 Å². The van der Waals surface area contributed by atoms with Gasteiger partial charge in [0.15, 0.2) is 5.78 Å². The molecule has 1 aliphatic rings. The quantitative estimate of drug-likeness (QED) is 0.275. The van der Waals surface area contributed by atoms with Crippen molar-refractivity contribution in [2.75, 3.05) is 60.3 Å². The molecule has 0 aromatic heterocycles. The maximum Gasteiger partial charge on any atom is 0.222 e. The minimum Gasteiger partial charge on any atom is -0.383 e. The highest BCUT2D eigenvalue weighted by atomic mass is 16.5. The number of nitrogens with zero attached hydrogens (tertiary/aromatic N) is 1. The van der Waals surface area contributed by atoms with Gasteiger partial charge < -0.3 is 34.0 Å². The summed E-state index contributed by atoms with van der Waals surface area (Å²) in [5.41, 5.74) is 0. The van der Waals surface area contributed by atoms with Gasteiger partial charge in [0.25, 0.3) is 0 Å². The Labute approximate surface area is 196 Å². The molecule has 0 saturated carbocycles. The predicted octanol–water partition coefficient (Wildman–Crippen LogP) is 0.897. The molecule has 2 atom stereocenters. The van der Waals surface area contributed by atoms with Gasteiger partial charge in [-0.3, -0.25) is 14.4 Å². The minimum absolute atomic E-state index is 0.00179. The molecule has 1 fully saturated rings. The summed E-state index contributed by atoms with van der Waals surface area (Å²) >= 11 is 0. The standard InChI is InChI=1S/C23H40N2O8/c1-18(26)8-9-22(28)24-10-11-32-12-13-33-17-20(27)6-4-5-7-23(29)25-15-21(31-3)14-19(25)16-30-2/h19,21H,4-17H2,1-3H3,(H,24,28)/t19-,21+/m1/s1. The first-order valence-electron chi connectivity index (χ1n) is 11.6. The van der Waals surface area contributed by atoms with E-state index in [1.165, 1.54) is 6.92 Å². The van der Waals surface area contributed by atoms with Crippen molar-refractivity contribution in [1.82, 2.24) is 10.2 Å². The van der Waals surface area contributed by atoms with Gasteiger partial charge in [0.1, 0.15) is 12.4 Å². The van der Waals surface area contributed by atoms with Gasteiger partial charge in [-0.25, -0.2) is 0 Å². The average Bonchev–Trinajstić information content (AvgIpc) is 3.20. The molecule has 190 valence electrons. The van der Waals surface area contributed by atoms with Crippen molar-refractivity contribution in [2.45, 2.75) is 64.0 Å². The van der Waals surface area contributed by atoms with Crippen LogP contribution in [0.25, 0.3) is 0 Å². The zero-order chi connectivity index (χ0) is 24.5. The second-order valence-corrected chi connectivity index (χ2v) is 8.21. The maximum atomic E-state index is 12.5. The van der Waals surface area contributed by atoms with E-state index < -0.39 is 0 Å². The van der Waals surface area contributed by atoms with Crippen LogP contribution in [0.4, 0.5) is 0 Å². The van der Waals surface area contributed by atoms with Crippen molar-refractivity contribution in [1.29, 1.82) is 0 Å². The number of hydrogen-bond donors (Lipinski definition) is 1. The molecule has 1 N–H and O–H groups in total. The van der Waals surface area contributed by atoms with Crippen molar-refractivity contribution >= 4 is 23.4 Å². The van der Waals surface area contributed by atoms with Crippen LogP contribution in [0.5, 0.6) is 0 Å². The normalized spacial score (nSPS) is 17.8. The number of ether oxygens (including phenoxy) is 4. The Morgan fingerprint density at radius 2 is 1.67 bits per heavy atom. The Morgan fingerprint density at radius 3 is 2.36 bits per heavy atom. The van der Waals surface area contributed by atoms with Gasteiger partial charge in [0, 0.05) is 53.0 Å². The molecule has 0 unspecified atom stereocenters. The Kier molecular flexibility index (Phi) is 15.5. The van der Waals surface area contributed by atoms with Gasteiger partial charge in [0.2, 0.25) is 11.8 Å². The lowest BCUT2D eigenvalue weighted by Gasteiger charge is -2.23. The highest BCUT2D eigenvalue weighted by molar-refractivity contribution is 5.83. The van der Waals surface area contributed by atoms with Gasteiger partial charge in [-0.15, -0.1) is 0 Å². The fraction of sp³-hybridized carbons (Fsp3) is 0.826. The van der Waals surface area contributed by atoms with Crippen molar-refractivity contribution in [3.05, 3.63) is 0 Å². The molecule has 0 aromatic carbocycles. The highest BCUT2D eigenvalue weighted by Gasteiger charge is 2.34. The van der Waals surface area contributed by atoms with Crippen LogP contribution in [0.1, 0.15) is 51.9 Å². The van der Waals surface area contributed by atoms with E-state index in [0.717, 1.165) is 6.42 Å². The molecule has 0 aliphatic carbocycles. The molecular formula is C23H40N2O8. The van der Waals surface area contributed by atoms with E-state index in [4.69, 9.17) is 18.9 Å². The summed E-state index contributed by atoms with van der Waals surface area (Å²) in [6.45, 7) is 3.88. The number of unbranched alkanes of at least 4 members (excludes halogenated alkanes) is 1. The number of rotatable bonds is 19. The van der Waals surface area contributed by atoms with Gasteiger partial charge >= 0.3 is 0 Å².